The maximum Gasteiger partial charge on any atom is 1.00 e. The maximum absolute atomic E-state index is 13.0. The molecule has 0 amide bonds. The number of carbonyl (C=O) groups is 1. The molecule has 0 fully saturated rings. The Balaban J connectivity index is 0.00000208. The van der Waals surface area contributed by atoms with Gasteiger partial charge in [-0.1, -0.05) is 23.7 Å². The molecule has 0 aliphatic carbocycles. The number of hydrogen-bond acceptors (Lipinski definition) is 3. The van der Waals surface area contributed by atoms with E-state index in [-0.39, 0.29) is 41.8 Å². The smallest absolute Gasteiger partial charge is 0.550 e. The minimum atomic E-state index is -1.22. The Labute approximate surface area is 165 Å². The number of aromatic nitrogens is 2. The van der Waals surface area contributed by atoms with Gasteiger partial charge < -0.3 is 9.90 Å². The summed E-state index contributed by atoms with van der Waals surface area (Å²) in [4.78, 5) is 11.0. The summed E-state index contributed by atoms with van der Waals surface area (Å²) < 4.78 is 14.5. The number of carbonyl (C=O) groups excluding carboxylic acids is 1. The van der Waals surface area contributed by atoms with Crippen molar-refractivity contribution in [3.63, 3.8) is 0 Å². The Kier molecular flexibility index (Phi) is 6.18. The Bertz CT molecular complexity index is 848. The summed E-state index contributed by atoms with van der Waals surface area (Å²) in [6, 6.07) is 12.8. The zero-order valence-corrected chi connectivity index (χ0v) is 15.6. The van der Waals surface area contributed by atoms with Crippen molar-refractivity contribution >= 4 is 17.6 Å². The van der Waals surface area contributed by atoms with Gasteiger partial charge in [-0.25, -0.2) is 9.07 Å². The Morgan fingerprint density at radius 3 is 2.33 bits per heavy atom. The second-order valence-electron chi connectivity index (χ2n) is 4.97. The Morgan fingerprint density at radius 1 is 1.12 bits per heavy atom. The molecule has 1 heterocycles. The van der Waals surface area contributed by atoms with Gasteiger partial charge in [0.25, 0.3) is 0 Å². The van der Waals surface area contributed by atoms with Gasteiger partial charge in [-0.05, 0) is 42.0 Å². The third-order valence-corrected chi connectivity index (χ3v) is 3.60. The van der Waals surface area contributed by atoms with Crippen molar-refractivity contribution in [1.82, 2.24) is 9.78 Å². The molecular weight excluding hydrogens is 342 g/mol. The van der Waals surface area contributed by atoms with Crippen molar-refractivity contribution in [1.29, 1.82) is 0 Å². The molecule has 116 valence electrons. The fourth-order valence-corrected chi connectivity index (χ4v) is 2.40. The van der Waals surface area contributed by atoms with Crippen molar-refractivity contribution in [3.05, 3.63) is 71.3 Å². The summed E-state index contributed by atoms with van der Waals surface area (Å²) in [7, 11) is 0. The van der Waals surface area contributed by atoms with E-state index in [1.807, 2.05) is 0 Å². The number of benzene rings is 2. The van der Waals surface area contributed by atoms with Gasteiger partial charge in [-0.2, -0.15) is 5.10 Å². The minimum Gasteiger partial charge on any atom is -0.550 e. The first-order chi connectivity index (χ1) is 11.0. The molecule has 0 saturated carbocycles. The SMILES string of the molecule is O=C([O-])Cc1nn(-c2ccc(F)cc2)cc1-c1ccc(Cl)cc1.[Na+]. The normalized spacial score (nSPS) is 10.2. The van der Waals surface area contributed by atoms with Crippen LogP contribution < -0.4 is 34.7 Å². The fraction of sp³-hybridized carbons (Fsp3) is 0.0588. The molecule has 7 heteroatoms. The summed E-state index contributed by atoms with van der Waals surface area (Å²) in [5.74, 6) is -1.57. The molecule has 3 rings (SSSR count). The van der Waals surface area contributed by atoms with Crippen LogP contribution in [0.2, 0.25) is 5.02 Å². The minimum absolute atomic E-state index is 0. The van der Waals surface area contributed by atoms with E-state index in [4.69, 9.17) is 11.6 Å². The third kappa shape index (κ3) is 4.24. The van der Waals surface area contributed by atoms with E-state index in [0.29, 0.717) is 22.0 Å². The fourth-order valence-electron chi connectivity index (χ4n) is 2.27. The average molecular weight is 353 g/mol. The van der Waals surface area contributed by atoms with E-state index < -0.39 is 5.97 Å². The van der Waals surface area contributed by atoms with Gasteiger partial charge in [-0.15, -0.1) is 0 Å². The topological polar surface area (TPSA) is 57.9 Å². The van der Waals surface area contributed by atoms with Crippen LogP contribution in [0, 0.1) is 5.82 Å². The van der Waals surface area contributed by atoms with Crippen molar-refractivity contribution in [2.24, 2.45) is 0 Å². The standard InChI is InChI=1S/C17H12ClFN2O2.Na/c18-12-3-1-11(2-4-12)15-10-21(20-16(15)9-17(22)23)14-7-5-13(19)6-8-14;/h1-8,10H,9H2,(H,22,23);/q;+1/p-1. The summed E-state index contributed by atoms with van der Waals surface area (Å²) in [6.07, 6.45) is 1.39. The quantitative estimate of drug-likeness (QED) is 0.602. The number of rotatable bonds is 4. The van der Waals surface area contributed by atoms with E-state index in [1.54, 1.807) is 42.6 Å². The van der Waals surface area contributed by atoms with E-state index >= 15 is 0 Å². The zero-order chi connectivity index (χ0) is 16.4. The van der Waals surface area contributed by atoms with Gasteiger partial charge in [0.2, 0.25) is 0 Å². The molecule has 24 heavy (non-hydrogen) atoms. The van der Waals surface area contributed by atoms with Crippen LogP contribution in [-0.2, 0) is 11.2 Å². The van der Waals surface area contributed by atoms with Crippen LogP contribution in [0.4, 0.5) is 4.39 Å². The van der Waals surface area contributed by atoms with Gasteiger partial charge in [0.1, 0.15) is 5.82 Å². The number of nitrogens with zero attached hydrogens (tertiary/aromatic N) is 2. The predicted octanol–water partition coefficient (Wildman–Crippen LogP) is -0.372. The number of hydrogen-bond donors (Lipinski definition) is 0. The molecule has 2 aromatic carbocycles. The molecule has 0 radical (unpaired) electrons. The zero-order valence-electron chi connectivity index (χ0n) is 12.9. The largest absolute Gasteiger partial charge is 1.00 e. The van der Waals surface area contributed by atoms with Crippen molar-refractivity contribution in [2.45, 2.75) is 6.42 Å². The van der Waals surface area contributed by atoms with E-state index in [9.17, 15) is 14.3 Å². The van der Waals surface area contributed by atoms with Gasteiger partial charge in [0, 0.05) is 29.2 Å². The predicted molar refractivity (Wildman–Crippen MR) is 82.7 cm³/mol. The first kappa shape index (κ1) is 18.7. The van der Waals surface area contributed by atoms with Crippen LogP contribution in [0.5, 0.6) is 0 Å². The van der Waals surface area contributed by atoms with Crippen LogP contribution in [0.1, 0.15) is 5.69 Å². The molecule has 0 bridgehead atoms. The Hall–Kier alpha value is -1.66. The Morgan fingerprint density at radius 2 is 1.75 bits per heavy atom. The molecule has 0 aliphatic heterocycles. The number of halogens is 2. The van der Waals surface area contributed by atoms with Gasteiger partial charge in [-0.3, -0.25) is 0 Å². The van der Waals surface area contributed by atoms with Crippen LogP contribution >= 0.6 is 11.6 Å². The molecule has 0 aliphatic rings. The van der Waals surface area contributed by atoms with Gasteiger partial charge >= 0.3 is 29.6 Å². The molecular formula is C17H11ClFN2NaO2. The number of carboxylic acid groups (broad SMARTS) is 1. The second-order valence-corrected chi connectivity index (χ2v) is 5.40. The molecule has 3 aromatic rings. The summed E-state index contributed by atoms with van der Waals surface area (Å²) >= 11 is 5.88. The van der Waals surface area contributed by atoms with Crippen LogP contribution in [0.3, 0.4) is 0 Å². The van der Waals surface area contributed by atoms with E-state index in [1.165, 1.54) is 16.8 Å². The third-order valence-electron chi connectivity index (χ3n) is 3.35. The van der Waals surface area contributed by atoms with Crippen LogP contribution in [-0.4, -0.2) is 15.7 Å². The van der Waals surface area contributed by atoms with Crippen LogP contribution in [0.25, 0.3) is 16.8 Å². The number of aliphatic carboxylic acids is 1. The van der Waals surface area contributed by atoms with E-state index in [2.05, 4.69) is 5.10 Å². The molecule has 4 nitrogen and oxygen atoms in total. The maximum atomic E-state index is 13.0. The molecule has 0 spiro atoms. The first-order valence-corrected chi connectivity index (χ1v) is 7.21. The van der Waals surface area contributed by atoms with Crippen molar-refractivity contribution in [2.75, 3.05) is 0 Å². The molecule has 0 unspecified atom stereocenters. The van der Waals surface area contributed by atoms with Crippen molar-refractivity contribution in [3.8, 4) is 16.8 Å². The van der Waals surface area contributed by atoms with Crippen LogP contribution in [0.15, 0.2) is 54.7 Å². The van der Waals surface area contributed by atoms with E-state index in [0.717, 1.165) is 5.56 Å². The molecule has 0 saturated heterocycles. The molecule has 1 aromatic heterocycles. The number of carboxylic acids is 1. The summed E-state index contributed by atoms with van der Waals surface area (Å²) in [5, 5.41) is 15.8. The average Bonchev–Trinajstić information content (AvgIpc) is 2.92. The molecule has 0 atom stereocenters. The van der Waals surface area contributed by atoms with Gasteiger partial charge in [0.15, 0.2) is 0 Å². The summed E-state index contributed by atoms with van der Waals surface area (Å²) in [5.41, 5.74) is 2.46. The second kappa shape index (κ2) is 7.94. The monoisotopic (exact) mass is 352 g/mol. The van der Waals surface area contributed by atoms with Gasteiger partial charge in [0.05, 0.1) is 11.4 Å². The summed E-state index contributed by atoms with van der Waals surface area (Å²) in [6.45, 7) is 0. The first-order valence-electron chi connectivity index (χ1n) is 6.83. The van der Waals surface area contributed by atoms with Crippen molar-refractivity contribution < 1.29 is 43.8 Å². The molecule has 0 N–H and O–H groups in total.